The third-order valence-corrected chi connectivity index (χ3v) is 4.44. The van der Waals surface area contributed by atoms with E-state index < -0.39 is 0 Å². The summed E-state index contributed by atoms with van der Waals surface area (Å²) in [5.74, 6) is 0.642. The maximum Gasteiger partial charge on any atom is 0.276 e. The normalized spacial score (nSPS) is 11.3. The van der Waals surface area contributed by atoms with E-state index in [0.717, 1.165) is 22.4 Å². The lowest BCUT2D eigenvalue weighted by atomic mass is 10.1. The second kappa shape index (κ2) is 6.23. The van der Waals surface area contributed by atoms with Crippen LogP contribution in [0.25, 0.3) is 22.6 Å². The first-order valence-corrected chi connectivity index (χ1v) is 8.33. The van der Waals surface area contributed by atoms with E-state index in [4.69, 9.17) is 5.11 Å². The van der Waals surface area contributed by atoms with Crippen molar-refractivity contribution in [3.05, 3.63) is 64.1 Å². The average molecular weight is 350 g/mol. The molecule has 0 spiro atoms. The minimum absolute atomic E-state index is 0.0491. The number of nitrogens with one attached hydrogen (secondary N) is 1. The SMILES string of the molecule is CCc1c(C)nc2c(-c3cnn(-c4ccc(CO)cn4)c3)c[nH]n2c1=O. The van der Waals surface area contributed by atoms with E-state index in [0.29, 0.717) is 23.4 Å². The summed E-state index contributed by atoms with van der Waals surface area (Å²) in [7, 11) is 0. The van der Waals surface area contributed by atoms with Crippen LogP contribution in [0.3, 0.4) is 0 Å². The fraction of sp³-hybridized carbons (Fsp3) is 0.222. The van der Waals surface area contributed by atoms with Gasteiger partial charge in [0.05, 0.1) is 12.8 Å². The molecule has 0 unspecified atom stereocenters. The van der Waals surface area contributed by atoms with Gasteiger partial charge < -0.3 is 5.11 Å². The first-order chi connectivity index (χ1) is 12.6. The number of aromatic nitrogens is 6. The molecule has 0 aliphatic heterocycles. The van der Waals surface area contributed by atoms with Gasteiger partial charge >= 0.3 is 0 Å². The van der Waals surface area contributed by atoms with Gasteiger partial charge in [0, 0.05) is 41.0 Å². The van der Waals surface area contributed by atoms with E-state index >= 15 is 0 Å². The number of H-pyrrole nitrogens is 1. The zero-order valence-electron chi connectivity index (χ0n) is 14.5. The van der Waals surface area contributed by atoms with Crippen LogP contribution in [0.4, 0.5) is 0 Å². The Morgan fingerprint density at radius 1 is 1.27 bits per heavy atom. The fourth-order valence-electron chi connectivity index (χ4n) is 3.01. The number of aliphatic hydroxyl groups excluding tert-OH is 1. The molecule has 2 N–H and O–H groups in total. The van der Waals surface area contributed by atoms with Gasteiger partial charge in [-0.2, -0.15) is 5.10 Å². The van der Waals surface area contributed by atoms with Crippen molar-refractivity contribution >= 4 is 5.65 Å². The van der Waals surface area contributed by atoms with Crippen molar-refractivity contribution < 1.29 is 5.11 Å². The van der Waals surface area contributed by atoms with Crippen molar-refractivity contribution in [3.63, 3.8) is 0 Å². The van der Waals surface area contributed by atoms with Crippen molar-refractivity contribution in [2.24, 2.45) is 0 Å². The number of aryl methyl sites for hydroxylation is 1. The summed E-state index contributed by atoms with van der Waals surface area (Å²) in [6.07, 6.45) is 7.55. The Kier molecular flexibility index (Phi) is 3.89. The lowest BCUT2D eigenvalue weighted by Crippen LogP contribution is -2.21. The van der Waals surface area contributed by atoms with Gasteiger partial charge in [0.15, 0.2) is 11.5 Å². The van der Waals surface area contributed by atoms with E-state index in [2.05, 4.69) is 20.2 Å². The van der Waals surface area contributed by atoms with E-state index in [-0.39, 0.29) is 12.2 Å². The highest BCUT2D eigenvalue weighted by molar-refractivity contribution is 5.76. The fourth-order valence-corrected chi connectivity index (χ4v) is 3.01. The van der Waals surface area contributed by atoms with Crippen LogP contribution in [-0.2, 0) is 13.0 Å². The van der Waals surface area contributed by atoms with E-state index in [9.17, 15) is 4.79 Å². The third-order valence-electron chi connectivity index (χ3n) is 4.44. The van der Waals surface area contributed by atoms with Gasteiger partial charge in [0.25, 0.3) is 5.56 Å². The van der Waals surface area contributed by atoms with Crippen molar-refractivity contribution in [2.45, 2.75) is 26.9 Å². The van der Waals surface area contributed by atoms with Gasteiger partial charge in [0.1, 0.15) is 0 Å². The minimum atomic E-state index is -0.0742. The summed E-state index contributed by atoms with van der Waals surface area (Å²) in [6.45, 7) is 3.75. The largest absolute Gasteiger partial charge is 0.392 e. The highest BCUT2D eigenvalue weighted by Crippen LogP contribution is 2.23. The van der Waals surface area contributed by atoms with Crippen molar-refractivity contribution in [2.75, 3.05) is 0 Å². The smallest absolute Gasteiger partial charge is 0.276 e. The molecule has 4 aromatic rings. The van der Waals surface area contributed by atoms with Gasteiger partial charge in [-0.3, -0.25) is 9.89 Å². The Bertz CT molecular complexity index is 1140. The average Bonchev–Trinajstić information content (AvgIpc) is 3.29. The second-order valence-electron chi connectivity index (χ2n) is 6.04. The van der Waals surface area contributed by atoms with Crippen LogP contribution in [0.1, 0.15) is 23.7 Å². The van der Waals surface area contributed by atoms with Crippen molar-refractivity contribution in [1.29, 1.82) is 0 Å². The molecular formula is C18H18N6O2. The predicted molar refractivity (Wildman–Crippen MR) is 96.2 cm³/mol. The summed E-state index contributed by atoms with van der Waals surface area (Å²) in [5, 5.41) is 16.4. The van der Waals surface area contributed by atoms with Gasteiger partial charge in [-0.1, -0.05) is 13.0 Å². The zero-order chi connectivity index (χ0) is 18.3. The molecule has 0 atom stereocenters. The maximum atomic E-state index is 12.6. The number of nitrogens with zero attached hydrogens (tertiary/aromatic N) is 5. The van der Waals surface area contributed by atoms with Crippen LogP contribution in [0, 0.1) is 6.92 Å². The lowest BCUT2D eigenvalue weighted by Gasteiger charge is -2.03. The lowest BCUT2D eigenvalue weighted by molar-refractivity contribution is 0.281. The molecule has 4 rings (SSSR count). The first-order valence-electron chi connectivity index (χ1n) is 8.33. The Balaban J connectivity index is 1.79. The Morgan fingerprint density at radius 3 is 2.81 bits per heavy atom. The second-order valence-corrected chi connectivity index (χ2v) is 6.04. The number of pyridine rings is 1. The van der Waals surface area contributed by atoms with Gasteiger partial charge in [-0.05, 0) is 25.0 Å². The Hall–Kier alpha value is -3.26. The third kappa shape index (κ3) is 2.51. The molecular weight excluding hydrogens is 332 g/mol. The van der Waals surface area contributed by atoms with E-state index in [1.165, 1.54) is 4.52 Å². The summed E-state index contributed by atoms with van der Waals surface area (Å²) < 4.78 is 3.11. The molecule has 0 bridgehead atoms. The summed E-state index contributed by atoms with van der Waals surface area (Å²) in [5.41, 5.74) is 4.32. The predicted octanol–water partition coefficient (Wildman–Crippen LogP) is 1.63. The minimum Gasteiger partial charge on any atom is -0.392 e. The van der Waals surface area contributed by atoms with Gasteiger partial charge in [0.2, 0.25) is 0 Å². The van der Waals surface area contributed by atoms with Crippen LogP contribution in [-0.4, -0.2) is 34.5 Å². The molecule has 0 aliphatic rings. The molecule has 8 heteroatoms. The number of hydrogen-bond acceptors (Lipinski definition) is 5. The van der Waals surface area contributed by atoms with Gasteiger partial charge in [-0.25, -0.2) is 19.2 Å². The Labute approximate surface area is 148 Å². The van der Waals surface area contributed by atoms with Crippen LogP contribution < -0.4 is 5.56 Å². The number of fused-ring (bicyclic) bond motifs is 1. The molecule has 4 heterocycles. The molecule has 132 valence electrons. The number of rotatable bonds is 4. The highest BCUT2D eigenvalue weighted by atomic mass is 16.3. The zero-order valence-corrected chi connectivity index (χ0v) is 14.5. The van der Waals surface area contributed by atoms with Crippen LogP contribution in [0.5, 0.6) is 0 Å². The molecule has 0 amide bonds. The number of hydrogen-bond donors (Lipinski definition) is 2. The standard InChI is InChI=1S/C18H18N6O2/c1-3-14-11(2)22-17-15(8-21-24(17)18(14)26)13-7-20-23(9-13)16-5-4-12(10-25)6-19-16/h4-9,21,25H,3,10H2,1-2H3. The molecule has 0 saturated carbocycles. The molecule has 0 saturated heterocycles. The monoisotopic (exact) mass is 350 g/mol. The Morgan fingerprint density at radius 2 is 2.12 bits per heavy atom. The molecule has 0 aromatic carbocycles. The van der Waals surface area contributed by atoms with Crippen LogP contribution in [0.2, 0.25) is 0 Å². The highest BCUT2D eigenvalue weighted by Gasteiger charge is 2.15. The topological polar surface area (TPSA) is 101 Å². The van der Waals surface area contributed by atoms with E-state index in [1.54, 1.807) is 35.4 Å². The first kappa shape index (κ1) is 16.2. The molecule has 26 heavy (non-hydrogen) atoms. The molecule has 0 aliphatic carbocycles. The molecule has 4 aromatic heterocycles. The van der Waals surface area contributed by atoms with Gasteiger partial charge in [-0.15, -0.1) is 0 Å². The van der Waals surface area contributed by atoms with Crippen LogP contribution in [0.15, 0.2) is 41.7 Å². The molecule has 8 nitrogen and oxygen atoms in total. The van der Waals surface area contributed by atoms with E-state index in [1.807, 2.05) is 20.0 Å². The number of aliphatic hydroxyl groups is 1. The number of aromatic amines is 1. The van der Waals surface area contributed by atoms with Crippen molar-refractivity contribution in [1.82, 2.24) is 29.4 Å². The maximum absolute atomic E-state index is 12.6. The summed E-state index contributed by atoms with van der Waals surface area (Å²) >= 11 is 0. The molecule has 0 radical (unpaired) electrons. The summed E-state index contributed by atoms with van der Waals surface area (Å²) in [4.78, 5) is 21.4. The van der Waals surface area contributed by atoms with Crippen LogP contribution >= 0.6 is 0 Å². The quantitative estimate of drug-likeness (QED) is 0.583. The van der Waals surface area contributed by atoms with Crippen molar-refractivity contribution in [3.8, 4) is 16.9 Å². The summed E-state index contributed by atoms with van der Waals surface area (Å²) in [6, 6.07) is 3.59. The molecule has 0 fully saturated rings.